The Bertz CT molecular complexity index is 838. The van der Waals surface area contributed by atoms with E-state index in [-0.39, 0.29) is 11.5 Å². The SMILES string of the molecule is O=S(=O)(OCCn1ccc2ccccc21)c1ccccc1. The number of hydrogen-bond donors (Lipinski definition) is 0. The van der Waals surface area contributed by atoms with Gasteiger partial charge in [-0.3, -0.25) is 4.18 Å². The highest BCUT2D eigenvalue weighted by Gasteiger charge is 2.14. The fourth-order valence-corrected chi connectivity index (χ4v) is 3.16. The van der Waals surface area contributed by atoms with Crippen molar-refractivity contribution < 1.29 is 12.6 Å². The van der Waals surface area contributed by atoms with Crippen LogP contribution in [0.3, 0.4) is 0 Å². The number of benzene rings is 2. The fraction of sp³-hybridized carbons (Fsp3) is 0.125. The first kappa shape index (κ1) is 13.9. The van der Waals surface area contributed by atoms with E-state index in [9.17, 15) is 8.42 Å². The minimum absolute atomic E-state index is 0.107. The second-order valence-corrected chi connectivity index (χ2v) is 6.27. The molecule has 0 radical (unpaired) electrons. The molecule has 0 aliphatic heterocycles. The Balaban J connectivity index is 1.69. The van der Waals surface area contributed by atoms with Crippen molar-refractivity contribution in [2.24, 2.45) is 0 Å². The zero-order valence-electron chi connectivity index (χ0n) is 11.3. The van der Waals surface area contributed by atoms with Crippen molar-refractivity contribution >= 4 is 21.0 Å². The van der Waals surface area contributed by atoms with Gasteiger partial charge in [-0.1, -0.05) is 36.4 Å². The number of nitrogens with zero attached hydrogens (tertiary/aromatic N) is 1. The Morgan fingerprint density at radius 2 is 1.62 bits per heavy atom. The quantitative estimate of drug-likeness (QED) is 0.681. The maximum absolute atomic E-state index is 12.0. The first-order valence-electron chi connectivity index (χ1n) is 6.65. The molecule has 0 amide bonds. The van der Waals surface area contributed by atoms with E-state index in [2.05, 4.69) is 0 Å². The summed E-state index contributed by atoms with van der Waals surface area (Å²) in [6.45, 7) is 0.593. The molecule has 3 aromatic rings. The van der Waals surface area contributed by atoms with Gasteiger partial charge in [0.2, 0.25) is 0 Å². The second kappa shape index (κ2) is 5.71. The number of hydrogen-bond acceptors (Lipinski definition) is 3. The number of rotatable bonds is 5. The summed E-state index contributed by atoms with van der Waals surface area (Å²) in [5.74, 6) is 0. The Hall–Kier alpha value is -2.11. The van der Waals surface area contributed by atoms with Crippen molar-refractivity contribution in [3.8, 4) is 0 Å². The molecule has 0 fully saturated rings. The minimum Gasteiger partial charge on any atom is -0.345 e. The van der Waals surface area contributed by atoms with E-state index in [0.717, 1.165) is 10.9 Å². The largest absolute Gasteiger partial charge is 0.345 e. The van der Waals surface area contributed by atoms with Crippen molar-refractivity contribution in [2.75, 3.05) is 6.61 Å². The lowest BCUT2D eigenvalue weighted by Crippen LogP contribution is -2.11. The van der Waals surface area contributed by atoms with Gasteiger partial charge >= 0.3 is 0 Å². The van der Waals surface area contributed by atoms with E-state index in [1.165, 1.54) is 12.1 Å². The smallest absolute Gasteiger partial charge is 0.297 e. The van der Waals surface area contributed by atoms with Crippen LogP contribution in [0.2, 0.25) is 0 Å². The highest BCUT2D eigenvalue weighted by atomic mass is 32.2. The Morgan fingerprint density at radius 3 is 2.43 bits per heavy atom. The summed E-state index contributed by atoms with van der Waals surface area (Å²) < 4.78 is 31.1. The molecule has 2 aromatic carbocycles. The topological polar surface area (TPSA) is 48.3 Å². The molecular formula is C16H15NO3S. The number of aromatic nitrogens is 1. The molecule has 0 saturated carbocycles. The van der Waals surface area contributed by atoms with Gasteiger partial charge in [-0.25, -0.2) is 0 Å². The van der Waals surface area contributed by atoms with Gasteiger partial charge in [0.15, 0.2) is 0 Å². The Labute approximate surface area is 123 Å². The van der Waals surface area contributed by atoms with Crippen molar-refractivity contribution in [1.29, 1.82) is 0 Å². The maximum atomic E-state index is 12.0. The van der Waals surface area contributed by atoms with E-state index in [1.54, 1.807) is 18.2 Å². The third-order valence-electron chi connectivity index (χ3n) is 3.28. The summed E-state index contributed by atoms with van der Waals surface area (Å²) in [5, 5.41) is 1.13. The van der Waals surface area contributed by atoms with Gasteiger partial charge in [0.1, 0.15) is 0 Å². The molecule has 108 valence electrons. The second-order valence-electron chi connectivity index (χ2n) is 4.66. The summed E-state index contributed by atoms with van der Waals surface area (Å²) in [6, 6.07) is 18.1. The summed E-state index contributed by atoms with van der Waals surface area (Å²) in [6.07, 6.45) is 1.93. The third-order valence-corrected chi connectivity index (χ3v) is 4.61. The molecular weight excluding hydrogens is 286 g/mol. The fourth-order valence-electron chi connectivity index (χ4n) is 2.24. The molecule has 5 heteroatoms. The van der Waals surface area contributed by atoms with E-state index in [1.807, 2.05) is 41.1 Å². The number of fused-ring (bicyclic) bond motifs is 1. The lowest BCUT2D eigenvalue weighted by molar-refractivity contribution is 0.302. The summed E-state index contributed by atoms with van der Waals surface area (Å²) in [5.41, 5.74) is 1.07. The highest BCUT2D eigenvalue weighted by Crippen LogP contribution is 2.16. The van der Waals surface area contributed by atoms with Crippen LogP contribution in [0.4, 0.5) is 0 Å². The van der Waals surface area contributed by atoms with Crippen molar-refractivity contribution in [3.63, 3.8) is 0 Å². The first-order valence-corrected chi connectivity index (χ1v) is 8.06. The van der Waals surface area contributed by atoms with Gasteiger partial charge in [-0.15, -0.1) is 0 Å². The standard InChI is InChI=1S/C16H15NO3S/c18-21(19,15-7-2-1-3-8-15)20-13-12-17-11-10-14-6-4-5-9-16(14)17/h1-11H,12-13H2. The molecule has 0 aliphatic rings. The van der Waals surface area contributed by atoms with Crippen LogP contribution < -0.4 is 0 Å². The minimum atomic E-state index is -3.68. The average molecular weight is 301 g/mol. The molecule has 4 nitrogen and oxygen atoms in total. The van der Waals surface area contributed by atoms with Crippen molar-refractivity contribution in [2.45, 2.75) is 11.4 Å². The predicted octanol–water partition coefficient (Wildman–Crippen LogP) is 3.05. The third kappa shape index (κ3) is 2.99. The normalized spacial score (nSPS) is 11.8. The lowest BCUT2D eigenvalue weighted by atomic mass is 10.2. The molecule has 0 N–H and O–H groups in total. The lowest BCUT2D eigenvalue weighted by Gasteiger charge is -2.07. The highest BCUT2D eigenvalue weighted by molar-refractivity contribution is 7.86. The monoisotopic (exact) mass is 301 g/mol. The summed E-state index contributed by atoms with van der Waals surface area (Å²) in [4.78, 5) is 0.183. The molecule has 0 aliphatic carbocycles. The molecule has 0 atom stereocenters. The average Bonchev–Trinajstić information content (AvgIpc) is 2.92. The van der Waals surface area contributed by atoms with Crippen LogP contribution in [0.15, 0.2) is 71.8 Å². The van der Waals surface area contributed by atoms with Gasteiger partial charge in [0.05, 0.1) is 11.5 Å². The van der Waals surface area contributed by atoms with Crippen molar-refractivity contribution in [3.05, 3.63) is 66.9 Å². The summed E-state index contributed by atoms with van der Waals surface area (Å²) >= 11 is 0. The van der Waals surface area contributed by atoms with E-state index >= 15 is 0 Å². The number of para-hydroxylation sites is 1. The predicted molar refractivity (Wildman–Crippen MR) is 81.5 cm³/mol. The molecule has 0 bridgehead atoms. The van der Waals surface area contributed by atoms with Gasteiger partial charge in [0, 0.05) is 18.3 Å². The van der Waals surface area contributed by atoms with Crippen molar-refractivity contribution in [1.82, 2.24) is 4.57 Å². The van der Waals surface area contributed by atoms with E-state index in [4.69, 9.17) is 4.18 Å². The molecule has 1 aromatic heterocycles. The van der Waals surface area contributed by atoms with Crippen LogP contribution in [-0.4, -0.2) is 19.6 Å². The zero-order valence-corrected chi connectivity index (χ0v) is 12.2. The molecule has 3 rings (SSSR count). The van der Waals surface area contributed by atoms with Gasteiger partial charge in [0.25, 0.3) is 10.1 Å². The van der Waals surface area contributed by atoms with Crippen LogP contribution in [0, 0.1) is 0 Å². The Morgan fingerprint density at radius 1 is 0.905 bits per heavy atom. The molecule has 1 heterocycles. The van der Waals surface area contributed by atoms with Gasteiger partial charge < -0.3 is 4.57 Å². The Kier molecular flexibility index (Phi) is 3.77. The molecule has 21 heavy (non-hydrogen) atoms. The maximum Gasteiger partial charge on any atom is 0.297 e. The van der Waals surface area contributed by atoms with Crippen LogP contribution in [0.1, 0.15) is 0 Å². The molecule has 0 unspecified atom stereocenters. The zero-order chi connectivity index (χ0) is 14.7. The van der Waals surface area contributed by atoms with Crippen LogP contribution in [-0.2, 0) is 20.8 Å². The van der Waals surface area contributed by atoms with Gasteiger partial charge in [-0.2, -0.15) is 8.42 Å². The van der Waals surface area contributed by atoms with E-state index in [0.29, 0.717) is 6.54 Å². The summed E-state index contributed by atoms with van der Waals surface area (Å²) in [7, 11) is -3.68. The van der Waals surface area contributed by atoms with Crippen LogP contribution >= 0.6 is 0 Å². The van der Waals surface area contributed by atoms with E-state index < -0.39 is 10.1 Å². The van der Waals surface area contributed by atoms with Crippen LogP contribution in [0.25, 0.3) is 10.9 Å². The van der Waals surface area contributed by atoms with Crippen LogP contribution in [0.5, 0.6) is 0 Å². The first-order chi connectivity index (χ1) is 10.2. The molecule has 0 spiro atoms. The van der Waals surface area contributed by atoms with Gasteiger partial charge in [-0.05, 0) is 29.7 Å². The molecule has 0 saturated heterocycles.